The average molecular weight is 253 g/mol. The Labute approximate surface area is 108 Å². The molecule has 0 spiro atoms. The van der Waals surface area contributed by atoms with E-state index in [-0.39, 0.29) is 24.5 Å². The Morgan fingerprint density at radius 3 is 2.44 bits per heavy atom. The van der Waals surface area contributed by atoms with Crippen LogP contribution in [0.3, 0.4) is 0 Å². The predicted octanol–water partition coefficient (Wildman–Crippen LogP) is 1.05. The minimum absolute atomic E-state index is 0.0708. The van der Waals surface area contributed by atoms with Crippen LogP contribution >= 0.6 is 0 Å². The second-order valence-corrected chi connectivity index (χ2v) is 5.44. The van der Waals surface area contributed by atoms with Crippen LogP contribution in [0.25, 0.3) is 0 Å². The highest BCUT2D eigenvalue weighted by Gasteiger charge is 2.36. The molecular weight excluding hydrogens is 230 g/mol. The minimum Gasteiger partial charge on any atom is -0.318 e. The lowest BCUT2D eigenvalue weighted by Crippen LogP contribution is -2.47. The van der Waals surface area contributed by atoms with Gasteiger partial charge in [0.05, 0.1) is 0 Å². The van der Waals surface area contributed by atoms with Gasteiger partial charge in [0, 0.05) is 19.6 Å². The molecular formula is C13H23N3O2. The summed E-state index contributed by atoms with van der Waals surface area (Å²) in [5.41, 5.74) is 0. The van der Waals surface area contributed by atoms with Gasteiger partial charge >= 0.3 is 6.03 Å². The van der Waals surface area contributed by atoms with Crippen LogP contribution in [0, 0.1) is 5.92 Å². The van der Waals surface area contributed by atoms with Crippen molar-refractivity contribution in [3.8, 4) is 0 Å². The molecule has 1 heterocycles. The number of rotatable bonds is 4. The monoisotopic (exact) mass is 253 g/mol. The highest BCUT2D eigenvalue weighted by Crippen LogP contribution is 2.27. The zero-order valence-corrected chi connectivity index (χ0v) is 11.3. The number of amides is 3. The van der Waals surface area contributed by atoms with Crippen LogP contribution in [0.2, 0.25) is 0 Å². The topological polar surface area (TPSA) is 52.7 Å². The van der Waals surface area contributed by atoms with E-state index in [0.29, 0.717) is 12.5 Å². The fraction of sp³-hybridized carbons (Fsp3) is 0.846. The van der Waals surface area contributed by atoms with Gasteiger partial charge in [-0.05, 0) is 25.8 Å². The molecule has 5 nitrogen and oxygen atoms in total. The van der Waals surface area contributed by atoms with E-state index in [4.69, 9.17) is 0 Å². The molecule has 0 aromatic carbocycles. The Kier molecular flexibility index (Phi) is 4.22. The quantitative estimate of drug-likeness (QED) is 0.762. The first-order chi connectivity index (χ1) is 8.63. The maximum absolute atomic E-state index is 11.9. The number of hydrogen-bond acceptors (Lipinski definition) is 3. The SMILES string of the molecule is CNC(CN1C(=O)CN(C)C1=O)C1CCCCC1. The Balaban J connectivity index is 1.97. The minimum atomic E-state index is -0.156. The summed E-state index contributed by atoms with van der Waals surface area (Å²) >= 11 is 0. The molecule has 1 aliphatic heterocycles. The van der Waals surface area contributed by atoms with Crippen LogP contribution in [-0.4, -0.2) is 55.0 Å². The van der Waals surface area contributed by atoms with Crippen LogP contribution < -0.4 is 5.32 Å². The molecule has 0 bridgehead atoms. The Bertz CT molecular complexity index is 326. The summed E-state index contributed by atoms with van der Waals surface area (Å²) < 4.78 is 0. The molecule has 1 unspecified atom stereocenters. The smallest absolute Gasteiger partial charge is 0.318 e. The molecule has 5 heteroatoms. The molecule has 1 atom stereocenters. The summed E-state index contributed by atoms with van der Waals surface area (Å²) in [5.74, 6) is 0.522. The number of likely N-dealkylation sites (N-methyl/N-ethyl adjacent to an activating group) is 2. The molecule has 1 saturated carbocycles. The van der Waals surface area contributed by atoms with Crippen LogP contribution in [-0.2, 0) is 4.79 Å². The molecule has 1 saturated heterocycles. The van der Waals surface area contributed by atoms with Crippen molar-refractivity contribution in [3.05, 3.63) is 0 Å². The van der Waals surface area contributed by atoms with Crippen molar-refractivity contribution in [2.75, 3.05) is 27.2 Å². The molecule has 0 radical (unpaired) electrons. The number of urea groups is 1. The van der Waals surface area contributed by atoms with Gasteiger partial charge in [0.2, 0.25) is 5.91 Å². The zero-order chi connectivity index (χ0) is 13.1. The summed E-state index contributed by atoms with van der Waals surface area (Å²) in [7, 11) is 3.60. The van der Waals surface area contributed by atoms with Gasteiger partial charge in [-0.3, -0.25) is 9.69 Å². The lowest BCUT2D eigenvalue weighted by atomic mass is 9.83. The molecule has 3 amide bonds. The first-order valence-electron chi connectivity index (χ1n) is 6.86. The fourth-order valence-corrected chi connectivity index (χ4v) is 3.06. The average Bonchev–Trinajstić information content (AvgIpc) is 2.62. The molecule has 0 aromatic heterocycles. The zero-order valence-electron chi connectivity index (χ0n) is 11.3. The number of nitrogens with zero attached hydrogens (tertiary/aromatic N) is 2. The molecule has 2 aliphatic rings. The number of carbonyl (C=O) groups is 2. The van der Waals surface area contributed by atoms with Crippen molar-refractivity contribution in [1.29, 1.82) is 0 Å². The van der Waals surface area contributed by atoms with Gasteiger partial charge < -0.3 is 10.2 Å². The highest BCUT2D eigenvalue weighted by atomic mass is 16.2. The van der Waals surface area contributed by atoms with Gasteiger partial charge in [0.25, 0.3) is 0 Å². The third-order valence-corrected chi connectivity index (χ3v) is 4.20. The van der Waals surface area contributed by atoms with E-state index in [1.54, 1.807) is 7.05 Å². The summed E-state index contributed by atoms with van der Waals surface area (Å²) in [4.78, 5) is 26.5. The van der Waals surface area contributed by atoms with E-state index >= 15 is 0 Å². The van der Waals surface area contributed by atoms with E-state index < -0.39 is 0 Å². The van der Waals surface area contributed by atoms with Crippen LogP contribution in [0.1, 0.15) is 32.1 Å². The van der Waals surface area contributed by atoms with E-state index in [9.17, 15) is 9.59 Å². The molecule has 0 aromatic rings. The lowest BCUT2D eigenvalue weighted by molar-refractivity contribution is -0.125. The summed E-state index contributed by atoms with van der Waals surface area (Å²) in [6.45, 7) is 0.739. The van der Waals surface area contributed by atoms with Crippen molar-refractivity contribution >= 4 is 11.9 Å². The first-order valence-corrected chi connectivity index (χ1v) is 6.86. The third kappa shape index (κ3) is 2.66. The molecule has 2 rings (SSSR count). The predicted molar refractivity (Wildman–Crippen MR) is 69.2 cm³/mol. The normalized spacial score (nSPS) is 23.9. The lowest BCUT2D eigenvalue weighted by Gasteiger charge is -2.32. The second-order valence-electron chi connectivity index (χ2n) is 5.44. The largest absolute Gasteiger partial charge is 0.327 e. The first kappa shape index (κ1) is 13.3. The van der Waals surface area contributed by atoms with E-state index in [1.165, 1.54) is 41.9 Å². The second kappa shape index (κ2) is 5.69. The van der Waals surface area contributed by atoms with E-state index in [1.807, 2.05) is 7.05 Å². The summed E-state index contributed by atoms with van der Waals surface area (Å²) in [6.07, 6.45) is 6.27. The van der Waals surface area contributed by atoms with Gasteiger partial charge in [-0.15, -0.1) is 0 Å². The third-order valence-electron chi connectivity index (χ3n) is 4.20. The Hall–Kier alpha value is -1.10. The van der Waals surface area contributed by atoms with Crippen LogP contribution in [0.15, 0.2) is 0 Å². The van der Waals surface area contributed by atoms with Crippen molar-refractivity contribution in [2.24, 2.45) is 5.92 Å². The van der Waals surface area contributed by atoms with E-state index in [2.05, 4.69) is 5.32 Å². The Morgan fingerprint density at radius 1 is 1.28 bits per heavy atom. The molecule has 18 heavy (non-hydrogen) atoms. The summed E-state index contributed by atoms with van der Waals surface area (Å²) in [6, 6.07) is 0.0840. The van der Waals surface area contributed by atoms with Gasteiger partial charge in [-0.1, -0.05) is 19.3 Å². The maximum Gasteiger partial charge on any atom is 0.327 e. The molecule has 1 N–H and O–H groups in total. The highest BCUT2D eigenvalue weighted by molar-refractivity contribution is 6.01. The molecule has 2 fully saturated rings. The van der Waals surface area contributed by atoms with Crippen molar-refractivity contribution in [2.45, 2.75) is 38.1 Å². The Morgan fingerprint density at radius 2 is 1.94 bits per heavy atom. The van der Waals surface area contributed by atoms with Gasteiger partial charge in [0.15, 0.2) is 0 Å². The van der Waals surface area contributed by atoms with Gasteiger partial charge in [-0.25, -0.2) is 4.79 Å². The summed E-state index contributed by atoms with van der Waals surface area (Å²) in [5, 5.41) is 3.29. The van der Waals surface area contributed by atoms with Gasteiger partial charge in [-0.2, -0.15) is 0 Å². The standard InChI is InChI=1S/C13H23N3O2/c1-14-11(10-6-4-3-5-7-10)8-16-12(17)9-15(2)13(16)18/h10-11,14H,3-9H2,1-2H3. The maximum atomic E-state index is 11.9. The van der Waals surface area contributed by atoms with E-state index in [0.717, 1.165) is 0 Å². The molecule has 1 aliphatic carbocycles. The van der Waals surface area contributed by atoms with Crippen molar-refractivity contribution in [1.82, 2.24) is 15.1 Å². The van der Waals surface area contributed by atoms with Crippen LogP contribution in [0.5, 0.6) is 0 Å². The number of imide groups is 1. The van der Waals surface area contributed by atoms with Crippen LogP contribution in [0.4, 0.5) is 4.79 Å². The number of hydrogen-bond donors (Lipinski definition) is 1. The number of carbonyl (C=O) groups excluding carboxylic acids is 2. The fourth-order valence-electron chi connectivity index (χ4n) is 3.06. The molecule has 102 valence electrons. The van der Waals surface area contributed by atoms with Crippen molar-refractivity contribution < 1.29 is 9.59 Å². The van der Waals surface area contributed by atoms with Crippen molar-refractivity contribution in [3.63, 3.8) is 0 Å². The number of nitrogens with one attached hydrogen (secondary N) is 1. The van der Waals surface area contributed by atoms with Gasteiger partial charge in [0.1, 0.15) is 6.54 Å².